The Bertz CT molecular complexity index is 424. The largest absolute Gasteiger partial charge is 0.496 e. The summed E-state index contributed by atoms with van der Waals surface area (Å²) in [5.41, 5.74) is 6.17. The first-order chi connectivity index (χ1) is 8.52. The molecule has 1 aromatic carbocycles. The van der Waals surface area contributed by atoms with Gasteiger partial charge in [-0.05, 0) is 49.4 Å². The summed E-state index contributed by atoms with van der Waals surface area (Å²) in [6, 6.07) is 5.58. The first-order valence-electron chi connectivity index (χ1n) is 6.33. The molecule has 0 aliphatic heterocycles. The minimum atomic E-state index is -0.727. The lowest BCUT2D eigenvalue weighted by atomic mass is 9.78. The molecule has 18 heavy (non-hydrogen) atoms. The summed E-state index contributed by atoms with van der Waals surface area (Å²) >= 11 is 6.00. The number of benzene rings is 1. The van der Waals surface area contributed by atoms with Crippen LogP contribution in [0.5, 0.6) is 5.75 Å². The molecule has 1 fully saturated rings. The Morgan fingerprint density at radius 2 is 2.33 bits per heavy atom. The fourth-order valence-electron chi connectivity index (χ4n) is 2.79. The van der Waals surface area contributed by atoms with Gasteiger partial charge in [0.05, 0.1) is 12.7 Å². The molecule has 1 aromatic rings. The maximum atomic E-state index is 10.6. The van der Waals surface area contributed by atoms with E-state index in [9.17, 15) is 5.11 Å². The van der Waals surface area contributed by atoms with Gasteiger partial charge in [-0.25, -0.2) is 0 Å². The van der Waals surface area contributed by atoms with Crippen LogP contribution in [0.2, 0.25) is 5.02 Å². The van der Waals surface area contributed by atoms with E-state index in [4.69, 9.17) is 22.1 Å². The maximum Gasteiger partial charge on any atom is 0.122 e. The fourth-order valence-corrected chi connectivity index (χ4v) is 2.98. The monoisotopic (exact) mass is 269 g/mol. The van der Waals surface area contributed by atoms with Gasteiger partial charge in [0.1, 0.15) is 5.75 Å². The lowest BCUT2D eigenvalue weighted by Gasteiger charge is -2.35. The topological polar surface area (TPSA) is 55.5 Å². The van der Waals surface area contributed by atoms with E-state index in [0.29, 0.717) is 17.9 Å². The average Bonchev–Trinajstić information content (AvgIpc) is 2.28. The number of aliphatic hydroxyl groups is 1. The molecule has 1 saturated carbocycles. The number of nitrogens with two attached hydrogens (primary N) is 1. The Morgan fingerprint density at radius 3 is 3.00 bits per heavy atom. The van der Waals surface area contributed by atoms with Crippen LogP contribution in [0.4, 0.5) is 0 Å². The predicted molar refractivity (Wildman–Crippen MR) is 73.1 cm³/mol. The van der Waals surface area contributed by atoms with Gasteiger partial charge >= 0.3 is 0 Å². The molecule has 100 valence electrons. The van der Waals surface area contributed by atoms with Gasteiger partial charge in [-0.1, -0.05) is 11.6 Å². The molecule has 0 bridgehead atoms. The van der Waals surface area contributed by atoms with E-state index in [1.807, 2.05) is 12.1 Å². The Morgan fingerprint density at radius 1 is 1.56 bits per heavy atom. The summed E-state index contributed by atoms with van der Waals surface area (Å²) in [7, 11) is 1.63. The van der Waals surface area contributed by atoms with E-state index < -0.39 is 5.60 Å². The van der Waals surface area contributed by atoms with E-state index in [1.54, 1.807) is 13.2 Å². The van der Waals surface area contributed by atoms with Crippen molar-refractivity contribution in [2.45, 2.75) is 43.7 Å². The molecule has 0 radical (unpaired) electrons. The third kappa shape index (κ3) is 3.16. The summed E-state index contributed by atoms with van der Waals surface area (Å²) in [4.78, 5) is 0. The molecule has 1 aliphatic rings. The summed E-state index contributed by atoms with van der Waals surface area (Å²) in [6.45, 7) is 0. The number of hydrogen-bond donors (Lipinski definition) is 2. The SMILES string of the molecule is COc1ccc(Cl)cc1CC1(O)CCCC(N)C1. The molecule has 2 atom stereocenters. The van der Waals surface area contributed by atoms with Crippen LogP contribution in [0.3, 0.4) is 0 Å². The fraction of sp³-hybridized carbons (Fsp3) is 0.571. The summed E-state index contributed by atoms with van der Waals surface area (Å²) in [6.07, 6.45) is 3.94. The lowest BCUT2D eigenvalue weighted by Crippen LogP contribution is -2.42. The first-order valence-corrected chi connectivity index (χ1v) is 6.71. The normalized spacial score (nSPS) is 28.1. The summed E-state index contributed by atoms with van der Waals surface area (Å²) < 4.78 is 5.31. The highest BCUT2D eigenvalue weighted by Gasteiger charge is 2.33. The van der Waals surface area contributed by atoms with Crippen molar-refractivity contribution in [3.05, 3.63) is 28.8 Å². The van der Waals surface area contributed by atoms with Gasteiger partial charge in [-0.2, -0.15) is 0 Å². The second-order valence-corrected chi connectivity index (χ2v) is 5.65. The number of halogens is 1. The van der Waals surface area contributed by atoms with E-state index in [-0.39, 0.29) is 6.04 Å². The maximum absolute atomic E-state index is 10.6. The number of hydrogen-bond acceptors (Lipinski definition) is 3. The molecule has 0 amide bonds. The molecule has 2 unspecified atom stereocenters. The zero-order chi connectivity index (χ0) is 13.2. The molecule has 0 spiro atoms. The minimum absolute atomic E-state index is 0.0916. The van der Waals surface area contributed by atoms with Gasteiger partial charge in [0.25, 0.3) is 0 Å². The van der Waals surface area contributed by atoms with Crippen LogP contribution in [-0.4, -0.2) is 23.9 Å². The van der Waals surface area contributed by atoms with Crippen LogP contribution >= 0.6 is 11.6 Å². The Balaban J connectivity index is 2.19. The average molecular weight is 270 g/mol. The van der Waals surface area contributed by atoms with Crippen LogP contribution in [0, 0.1) is 0 Å². The molecule has 3 N–H and O–H groups in total. The number of methoxy groups -OCH3 is 1. The van der Waals surface area contributed by atoms with Crippen LogP contribution in [0.25, 0.3) is 0 Å². The highest BCUT2D eigenvalue weighted by molar-refractivity contribution is 6.30. The standard InChI is InChI=1S/C14H20ClNO2/c1-18-13-5-4-11(15)7-10(13)8-14(17)6-2-3-12(16)9-14/h4-5,7,12,17H,2-3,6,8-9,16H2,1H3. The van der Waals surface area contributed by atoms with Crippen molar-refractivity contribution in [3.63, 3.8) is 0 Å². The van der Waals surface area contributed by atoms with Crippen LogP contribution in [-0.2, 0) is 6.42 Å². The lowest BCUT2D eigenvalue weighted by molar-refractivity contribution is -0.00232. The first kappa shape index (κ1) is 13.7. The molecule has 3 nitrogen and oxygen atoms in total. The molecule has 1 aliphatic carbocycles. The van der Waals surface area contributed by atoms with E-state index >= 15 is 0 Å². The molecule has 4 heteroatoms. The molecule has 2 rings (SSSR count). The van der Waals surface area contributed by atoms with Gasteiger partial charge in [-0.3, -0.25) is 0 Å². The second-order valence-electron chi connectivity index (χ2n) is 5.21. The smallest absolute Gasteiger partial charge is 0.122 e. The summed E-state index contributed by atoms with van der Waals surface area (Å²) in [5.74, 6) is 0.770. The third-order valence-corrected chi connectivity index (χ3v) is 3.86. The van der Waals surface area contributed by atoms with Crippen molar-refractivity contribution >= 4 is 11.6 Å². The van der Waals surface area contributed by atoms with E-state index in [1.165, 1.54) is 0 Å². The van der Waals surface area contributed by atoms with E-state index in [0.717, 1.165) is 30.6 Å². The molecule has 0 saturated heterocycles. The van der Waals surface area contributed by atoms with Crippen molar-refractivity contribution in [1.29, 1.82) is 0 Å². The molecule has 0 aromatic heterocycles. The second kappa shape index (κ2) is 5.47. The van der Waals surface area contributed by atoms with Gasteiger partial charge < -0.3 is 15.6 Å². The van der Waals surface area contributed by atoms with Gasteiger partial charge in [0.15, 0.2) is 0 Å². The summed E-state index contributed by atoms with van der Waals surface area (Å²) in [5, 5.41) is 11.3. The zero-order valence-electron chi connectivity index (χ0n) is 10.7. The Labute approximate surface area is 113 Å². The Kier molecular flexibility index (Phi) is 4.15. The Hall–Kier alpha value is -0.770. The van der Waals surface area contributed by atoms with Crippen molar-refractivity contribution in [2.24, 2.45) is 5.73 Å². The van der Waals surface area contributed by atoms with Crippen molar-refractivity contribution < 1.29 is 9.84 Å². The van der Waals surface area contributed by atoms with Crippen molar-refractivity contribution in [3.8, 4) is 5.75 Å². The van der Waals surface area contributed by atoms with Crippen molar-refractivity contribution in [1.82, 2.24) is 0 Å². The highest BCUT2D eigenvalue weighted by Crippen LogP contribution is 2.34. The number of rotatable bonds is 3. The molecule has 0 heterocycles. The minimum Gasteiger partial charge on any atom is -0.496 e. The van der Waals surface area contributed by atoms with Crippen LogP contribution in [0.15, 0.2) is 18.2 Å². The van der Waals surface area contributed by atoms with Gasteiger partial charge in [-0.15, -0.1) is 0 Å². The molecular weight excluding hydrogens is 250 g/mol. The van der Waals surface area contributed by atoms with Crippen LogP contribution in [0.1, 0.15) is 31.2 Å². The third-order valence-electron chi connectivity index (χ3n) is 3.62. The quantitative estimate of drug-likeness (QED) is 0.887. The van der Waals surface area contributed by atoms with Gasteiger partial charge in [0, 0.05) is 17.5 Å². The number of ether oxygens (including phenoxy) is 1. The van der Waals surface area contributed by atoms with Crippen LogP contribution < -0.4 is 10.5 Å². The van der Waals surface area contributed by atoms with E-state index in [2.05, 4.69) is 0 Å². The predicted octanol–water partition coefficient (Wildman–Crippen LogP) is 2.52. The van der Waals surface area contributed by atoms with Gasteiger partial charge in [0.2, 0.25) is 0 Å². The highest BCUT2D eigenvalue weighted by atomic mass is 35.5. The zero-order valence-corrected chi connectivity index (χ0v) is 11.4. The van der Waals surface area contributed by atoms with Crippen molar-refractivity contribution in [2.75, 3.05) is 7.11 Å². The molecular formula is C14H20ClNO2.